The minimum absolute atomic E-state index is 0.203. The van der Waals surface area contributed by atoms with Crippen molar-refractivity contribution < 1.29 is 4.79 Å². The van der Waals surface area contributed by atoms with Gasteiger partial charge in [0.1, 0.15) is 0 Å². The SMILES string of the molecule is CCN(CC)CCCCNCC(=O)c1cccs1. The summed E-state index contributed by atoms with van der Waals surface area (Å²) in [6.07, 6.45) is 2.33. The van der Waals surface area contributed by atoms with E-state index in [0.717, 1.165) is 37.5 Å². The molecular formula is C14H24N2OS. The third-order valence-electron chi connectivity index (χ3n) is 3.05. The van der Waals surface area contributed by atoms with Gasteiger partial charge in [0, 0.05) is 0 Å². The number of ketones is 1. The summed E-state index contributed by atoms with van der Waals surface area (Å²) in [6.45, 7) is 9.20. The van der Waals surface area contributed by atoms with Crippen molar-refractivity contribution >= 4 is 17.1 Å². The molecule has 102 valence electrons. The quantitative estimate of drug-likeness (QED) is 0.523. The van der Waals surface area contributed by atoms with Crippen molar-refractivity contribution in [2.24, 2.45) is 0 Å². The Labute approximate surface area is 114 Å². The molecule has 1 aromatic heterocycles. The van der Waals surface area contributed by atoms with Gasteiger partial charge >= 0.3 is 0 Å². The zero-order chi connectivity index (χ0) is 13.2. The Bertz CT molecular complexity index is 321. The molecule has 0 amide bonds. The Morgan fingerprint density at radius 1 is 1.33 bits per heavy atom. The number of carbonyl (C=O) groups is 1. The Balaban J connectivity index is 2.00. The van der Waals surface area contributed by atoms with Gasteiger partial charge in [-0.3, -0.25) is 4.79 Å². The van der Waals surface area contributed by atoms with E-state index in [4.69, 9.17) is 0 Å². The molecule has 4 heteroatoms. The van der Waals surface area contributed by atoms with Gasteiger partial charge in [0.25, 0.3) is 0 Å². The van der Waals surface area contributed by atoms with Gasteiger partial charge < -0.3 is 10.2 Å². The number of carbonyl (C=O) groups excluding carboxylic acids is 1. The lowest BCUT2D eigenvalue weighted by Gasteiger charge is -2.17. The molecule has 0 spiro atoms. The van der Waals surface area contributed by atoms with Crippen LogP contribution in [0.15, 0.2) is 17.5 Å². The van der Waals surface area contributed by atoms with Crippen LogP contribution in [0.4, 0.5) is 0 Å². The maximum absolute atomic E-state index is 11.7. The molecule has 0 saturated heterocycles. The van der Waals surface area contributed by atoms with Crippen LogP contribution in [0.3, 0.4) is 0 Å². The van der Waals surface area contributed by atoms with Crippen molar-refractivity contribution in [3.63, 3.8) is 0 Å². The Morgan fingerprint density at radius 2 is 2.11 bits per heavy atom. The van der Waals surface area contributed by atoms with Crippen molar-refractivity contribution in [2.45, 2.75) is 26.7 Å². The summed E-state index contributed by atoms with van der Waals surface area (Å²) in [4.78, 5) is 15.0. The molecule has 0 unspecified atom stereocenters. The van der Waals surface area contributed by atoms with E-state index in [9.17, 15) is 4.79 Å². The van der Waals surface area contributed by atoms with Gasteiger partial charge in [-0.25, -0.2) is 0 Å². The second kappa shape index (κ2) is 9.25. The van der Waals surface area contributed by atoms with E-state index in [0.29, 0.717) is 6.54 Å². The fourth-order valence-electron chi connectivity index (χ4n) is 1.85. The van der Waals surface area contributed by atoms with Crippen molar-refractivity contribution in [3.05, 3.63) is 22.4 Å². The minimum Gasteiger partial charge on any atom is -0.310 e. The second-order valence-electron chi connectivity index (χ2n) is 4.31. The molecule has 0 aliphatic rings. The number of unbranched alkanes of at least 4 members (excludes halogenated alkanes) is 1. The average Bonchev–Trinajstić information content (AvgIpc) is 2.92. The second-order valence-corrected chi connectivity index (χ2v) is 5.26. The summed E-state index contributed by atoms with van der Waals surface area (Å²) >= 11 is 1.51. The van der Waals surface area contributed by atoms with Gasteiger partial charge in [-0.2, -0.15) is 0 Å². The van der Waals surface area contributed by atoms with E-state index in [1.807, 2.05) is 17.5 Å². The maximum Gasteiger partial charge on any atom is 0.186 e. The van der Waals surface area contributed by atoms with Crippen LogP contribution in [0.1, 0.15) is 36.4 Å². The molecule has 1 aromatic rings. The molecule has 0 aliphatic carbocycles. The van der Waals surface area contributed by atoms with E-state index in [1.54, 1.807) is 0 Å². The Morgan fingerprint density at radius 3 is 2.72 bits per heavy atom. The van der Waals surface area contributed by atoms with Gasteiger partial charge in [-0.1, -0.05) is 19.9 Å². The van der Waals surface area contributed by atoms with Crippen LogP contribution in [0.5, 0.6) is 0 Å². The molecule has 0 atom stereocenters. The highest BCUT2D eigenvalue weighted by Crippen LogP contribution is 2.08. The summed E-state index contributed by atoms with van der Waals surface area (Å²) in [7, 11) is 0. The van der Waals surface area contributed by atoms with Gasteiger partial charge in [-0.15, -0.1) is 11.3 Å². The highest BCUT2D eigenvalue weighted by molar-refractivity contribution is 7.12. The molecule has 0 bridgehead atoms. The van der Waals surface area contributed by atoms with Crippen LogP contribution >= 0.6 is 11.3 Å². The van der Waals surface area contributed by atoms with Gasteiger partial charge in [0.05, 0.1) is 11.4 Å². The molecule has 0 aliphatic heterocycles. The molecule has 0 aromatic carbocycles. The van der Waals surface area contributed by atoms with Crippen LogP contribution in [0.2, 0.25) is 0 Å². The molecule has 1 rings (SSSR count). The van der Waals surface area contributed by atoms with E-state index in [-0.39, 0.29) is 5.78 Å². The van der Waals surface area contributed by atoms with Crippen molar-refractivity contribution in [2.75, 3.05) is 32.7 Å². The van der Waals surface area contributed by atoms with Crippen LogP contribution in [-0.2, 0) is 0 Å². The average molecular weight is 268 g/mol. The Kier molecular flexibility index (Phi) is 7.89. The first kappa shape index (κ1) is 15.3. The smallest absolute Gasteiger partial charge is 0.186 e. The molecular weight excluding hydrogens is 244 g/mol. The first-order valence-electron chi connectivity index (χ1n) is 6.77. The number of nitrogens with zero attached hydrogens (tertiary/aromatic N) is 1. The molecule has 0 saturated carbocycles. The van der Waals surface area contributed by atoms with Crippen molar-refractivity contribution in [1.29, 1.82) is 0 Å². The van der Waals surface area contributed by atoms with Gasteiger partial charge in [-0.05, 0) is 50.5 Å². The number of hydrogen-bond donors (Lipinski definition) is 1. The molecule has 1 heterocycles. The number of nitrogens with one attached hydrogen (secondary N) is 1. The largest absolute Gasteiger partial charge is 0.310 e. The number of rotatable bonds is 10. The highest BCUT2D eigenvalue weighted by Gasteiger charge is 2.05. The number of thiophene rings is 1. The fraction of sp³-hybridized carbons (Fsp3) is 0.643. The Hall–Kier alpha value is -0.710. The first-order chi connectivity index (χ1) is 8.77. The third-order valence-corrected chi connectivity index (χ3v) is 3.96. The molecule has 18 heavy (non-hydrogen) atoms. The first-order valence-corrected chi connectivity index (χ1v) is 7.65. The summed E-state index contributed by atoms with van der Waals surface area (Å²) in [6, 6.07) is 3.80. The summed E-state index contributed by atoms with van der Waals surface area (Å²) in [5, 5.41) is 5.16. The zero-order valence-corrected chi connectivity index (χ0v) is 12.3. The van der Waals surface area contributed by atoms with Crippen LogP contribution < -0.4 is 5.32 Å². The lowest BCUT2D eigenvalue weighted by molar-refractivity contribution is 0.0995. The summed E-state index contributed by atoms with van der Waals surface area (Å²) < 4.78 is 0. The minimum atomic E-state index is 0.203. The van der Waals surface area contributed by atoms with E-state index in [2.05, 4.69) is 24.1 Å². The fourth-order valence-corrected chi connectivity index (χ4v) is 2.52. The van der Waals surface area contributed by atoms with Crippen LogP contribution in [0.25, 0.3) is 0 Å². The van der Waals surface area contributed by atoms with Gasteiger partial charge in [0.2, 0.25) is 0 Å². The summed E-state index contributed by atoms with van der Waals surface area (Å²) in [5.74, 6) is 0.203. The molecule has 0 radical (unpaired) electrons. The number of hydrogen-bond acceptors (Lipinski definition) is 4. The predicted octanol–water partition coefficient (Wildman–Crippen LogP) is 2.64. The predicted molar refractivity (Wildman–Crippen MR) is 78.5 cm³/mol. The van der Waals surface area contributed by atoms with Crippen molar-refractivity contribution in [3.8, 4) is 0 Å². The lowest BCUT2D eigenvalue weighted by Crippen LogP contribution is -2.26. The van der Waals surface area contributed by atoms with Crippen LogP contribution in [0, 0.1) is 0 Å². The third kappa shape index (κ3) is 5.76. The standard InChI is InChI=1S/C14H24N2OS/c1-3-16(4-2)10-6-5-9-15-12-13(17)14-8-7-11-18-14/h7-8,11,15H,3-6,9-10,12H2,1-2H3. The van der Waals surface area contributed by atoms with E-state index in [1.165, 1.54) is 17.8 Å². The lowest BCUT2D eigenvalue weighted by atomic mass is 10.2. The summed E-state index contributed by atoms with van der Waals surface area (Å²) in [5.41, 5.74) is 0. The maximum atomic E-state index is 11.7. The van der Waals surface area contributed by atoms with Crippen LogP contribution in [-0.4, -0.2) is 43.4 Å². The molecule has 1 N–H and O–H groups in total. The van der Waals surface area contributed by atoms with E-state index < -0.39 is 0 Å². The van der Waals surface area contributed by atoms with Crippen molar-refractivity contribution in [1.82, 2.24) is 10.2 Å². The molecule has 0 fully saturated rings. The topological polar surface area (TPSA) is 32.3 Å². The highest BCUT2D eigenvalue weighted by atomic mass is 32.1. The van der Waals surface area contributed by atoms with Gasteiger partial charge in [0.15, 0.2) is 5.78 Å². The number of Topliss-reactive ketones (excluding diaryl/α,β-unsaturated/α-hetero) is 1. The zero-order valence-electron chi connectivity index (χ0n) is 11.4. The normalized spacial score (nSPS) is 11.1. The van der Waals surface area contributed by atoms with E-state index >= 15 is 0 Å². The monoisotopic (exact) mass is 268 g/mol. The molecule has 3 nitrogen and oxygen atoms in total.